The Morgan fingerprint density at radius 3 is 2.00 bits per heavy atom. The Hall–Kier alpha value is -2.24. The van der Waals surface area contributed by atoms with Gasteiger partial charge in [-0.25, -0.2) is 8.42 Å². The Kier molecular flexibility index (Phi) is 4.95. The van der Waals surface area contributed by atoms with E-state index in [4.69, 9.17) is 11.5 Å². The van der Waals surface area contributed by atoms with E-state index in [1.807, 2.05) is 0 Å². The quantitative estimate of drug-likeness (QED) is 0.473. The van der Waals surface area contributed by atoms with E-state index < -0.39 is 49.8 Å². The topological polar surface area (TPSA) is 116 Å². The summed E-state index contributed by atoms with van der Waals surface area (Å²) in [5.74, 6) is -7.31. The highest BCUT2D eigenvalue weighted by Crippen LogP contribution is 2.46. The van der Waals surface area contributed by atoms with Crippen molar-refractivity contribution in [3.05, 3.63) is 28.8 Å². The number of amides is 1. The summed E-state index contributed by atoms with van der Waals surface area (Å²) < 4.78 is 88.3. The first-order chi connectivity index (χ1) is 10.6. The van der Waals surface area contributed by atoms with E-state index in [1.165, 1.54) is 0 Å². The van der Waals surface area contributed by atoms with Crippen molar-refractivity contribution in [2.45, 2.75) is 23.9 Å². The number of carbonyl (C=O) groups is 1. The van der Waals surface area contributed by atoms with Crippen molar-refractivity contribution in [1.29, 1.82) is 0 Å². The van der Waals surface area contributed by atoms with E-state index in [1.54, 1.807) is 0 Å². The van der Waals surface area contributed by atoms with Crippen LogP contribution in [-0.2, 0) is 15.8 Å². The van der Waals surface area contributed by atoms with Crippen LogP contribution in [0.4, 0.5) is 22.0 Å². The maximum Gasteiger partial charge on any atom is 0.458 e. The molecule has 1 amide bonds. The summed E-state index contributed by atoms with van der Waals surface area (Å²) in [6, 6.07) is 0.674. The number of aliphatic imine (C=N–C) groups is 1. The van der Waals surface area contributed by atoms with Crippen molar-refractivity contribution in [2.75, 3.05) is 6.26 Å². The lowest BCUT2D eigenvalue weighted by Gasteiger charge is -2.23. The summed E-state index contributed by atoms with van der Waals surface area (Å²) in [6.45, 7) is 1.04. The number of sulfone groups is 1. The second kappa shape index (κ2) is 6.00. The zero-order valence-corrected chi connectivity index (χ0v) is 13.1. The van der Waals surface area contributed by atoms with Crippen molar-refractivity contribution >= 4 is 21.7 Å². The Labute approximate surface area is 133 Å². The second-order valence-electron chi connectivity index (χ2n) is 4.85. The first kappa shape index (κ1) is 19.8. The smallest absolute Gasteiger partial charge is 0.370 e. The van der Waals surface area contributed by atoms with Gasteiger partial charge in [0.1, 0.15) is 0 Å². The van der Waals surface area contributed by atoms with Crippen LogP contribution >= 0.6 is 0 Å². The van der Waals surface area contributed by atoms with Gasteiger partial charge in [0.25, 0.3) is 5.91 Å². The SMILES string of the molecule is Cc1cc(C(F)(F)C(F)(F)F)c(S(C)(=O)=O)cc1C(=O)N=C(N)N. The number of hydrogen-bond donors (Lipinski definition) is 2. The van der Waals surface area contributed by atoms with E-state index in [2.05, 4.69) is 4.99 Å². The van der Waals surface area contributed by atoms with E-state index in [0.717, 1.165) is 6.92 Å². The van der Waals surface area contributed by atoms with Gasteiger partial charge in [-0.15, -0.1) is 0 Å². The zero-order valence-electron chi connectivity index (χ0n) is 12.3. The van der Waals surface area contributed by atoms with Crippen molar-refractivity contribution in [1.82, 2.24) is 0 Å². The molecule has 1 aromatic rings. The molecule has 4 N–H and O–H groups in total. The van der Waals surface area contributed by atoms with Gasteiger partial charge in [-0.3, -0.25) is 4.79 Å². The Bertz CT molecular complexity index is 812. The fourth-order valence-electron chi connectivity index (χ4n) is 1.80. The van der Waals surface area contributed by atoms with Gasteiger partial charge in [0.2, 0.25) is 0 Å². The van der Waals surface area contributed by atoms with Crippen LogP contribution in [0.25, 0.3) is 0 Å². The highest BCUT2D eigenvalue weighted by Gasteiger charge is 2.60. The molecule has 0 saturated carbocycles. The van der Waals surface area contributed by atoms with Crippen molar-refractivity contribution in [3.63, 3.8) is 0 Å². The molecule has 0 aliphatic rings. The number of rotatable bonds is 3. The molecule has 0 heterocycles. The number of halogens is 5. The van der Waals surface area contributed by atoms with Crippen LogP contribution in [0.1, 0.15) is 21.5 Å². The lowest BCUT2D eigenvalue weighted by Crippen LogP contribution is -2.35. The van der Waals surface area contributed by atoms with E-state index in [9.17, 15) is 35.2 Å². The fraction of sp³-hybridized carbons (Fsp3) is 0.333. The molecule has 0 atom stereocenters. The number of alkyl halides is 5. The molecule has 6 nitrogen and oxygen atoms in total. The van der Waals surface area contributed by atoms with E-state index in [0.29, 0.717) is 12.3 Å². The van der Waals surface area contributed by atoms with Gasteiger partial charge in [-0.05, 0) is 24.6 Å². The number of nitrogens with zero attached hydrogens (tertiary/aromatic N) is 1. The molecule has 1 aromatic carbocycles. The van der Waals surface area contributed by atoms with Gasteiger partial charge in [0.15, 0.2) is 15.8 Å². The second-order valence-corrected chi connectivity index (χ2v) is 6.83. The van der Waals surface area contributed by atoms with E-state index in [-0.39, 0.29) is 11.6 Å². The first-order valence-electron chi connectivity index (χ1n) is 6.02. The van der Waals surface area contributed by atoms with Crippen LogP contribution in [0.2, 0.25) is 0 Å². The molecule has 0 spiro atoms. The predicted octanol–water partition coefficient (Wildman–Crippen LogP) is 1.47. The Morgan fingerprint density at radius 1 is 1.12 bits per heavy atom. The average Bonchev–Trinajstić information content (AvgIpc) is 2.34. The molecule has 0 radical (unpaired) electrons. The van der Waals surface area contributed by atoms with Crippen LogP contribution in [-0.4, -0.2) is 32.7 Å². The fourth-order valence-corrected chi connectivity index (χ4v) is 2.72. The summed E-state index contributed by atoms with van der Waals surface area (Å²) in [4.78, 5) is 13.5. The third-order valence-electron chi connectivity index (χ3n) is 2.88. The number of hydrogen-bond acceptors (Lipinski definition) is 3. The predicted molar refractivity (Wildman–Crippen MR) is 74.4 cm³/mol. The summed E-state index contributed by atoms with van der Waals surface area (Å²) in [5, 5.41) is 0. The third-order valence-corrected chi connectivity index (χ3v) is 4.02. The molecule has 12 heteroatoms. The maximum atomic E-state index is 13.6. The van der Waals surface area contributed by atoms with Crippen LogP contribution in [0.15, 0.2) is 22.0 Å². The van der Waals surface area contributed by atoms with Crippen LogP contribution in [0, 0.1) is 6.92 Å². The van der Waals surface area contributed by atoms with Gasteiger partial charge < -0.3 is 11.5 Å². The molecule has 134 valence electrons. The maximum absolute atomic E-state index is 13.6. The number of guanidine groups is 1. The molecule has 24 heavy (non-hydrogen) atoms. The molecule has 0 aliphatic carbocycles. The molecular formula is C12H12F5N3O3S. The van der Waals surface area contributed by atoms with Gasteiger partial charge in [0, 0.05) is 17.4 Å². The first-order valence-corrected chi connectivity index (χ1v) is 7.92. The van der Waals surface area contributed by atoms with Crippen LogP contribution in [0.3, 0.4) is 0 Å². The summed E-state index contributed by atoms with van der Waals surface area (Å²) in [7, 11) is -4.52. The average molecular weight is 373 g/mol. The van der Waals surface area contributed by atoms with E-state index >= 15 is 0 Å². The normalized spacial score (nSPS) is 12.8. The molecule has 0 bridgehead atoms. The highest BCUT2D eigenvalue weighted by atomic mass is 32.2. The summed E-state index contributed by atoms with van der Waals surface area (Å²) in [6.07, 6.45) is -5.59. The molecule has 1 rings (SSSR count). The molecule has 0 saturated heterocycles. The minimum absolute atomic E-state index is 0.277. The Balaban J connectivity index is 3.81. The minimum atomic E-state index is -6.02. The monoisotopic (exact) mass is 373 g/mol. The third kappa shape index (κ3) is 3.80. The van der Waals surface area contributed by atoms with Crippen LogP contribution < -0.4 is 11.5 Å². The molecule has 0 aromatic heterocycles. The number of aryl methyl sites for hydroxylation is 1. The standard InChI is InChI=1S/C12H12F5N3O3S/c1-5-3-7(11(13,14)12(15,16)17)8(24(2,22)23)4-6(5)9(21)20-10(18)19/h3-4H,1-2H3,(H4,18,19,20,21). The number of benzene rings is 1. The lowest BCUT2D eigenvalue weighted by atomic mass is 10.00. The molecule has 0 unspecified atom stereocenters. The molecular weight excluding hydrogens is 361 g/mol. The number of carbonyl (C=O) groups excluding carboxylic acids is 1. The molecule has 0 aliphatic heterocycles. The zero-order chi connectivity index (χ0) is 19.1. The lowest BCUT2D eigenvalue weighted by molar-refractivity contribution is -0.290. The van der Waals surface area contributed by atoms with Gasteiger partial charge in [-0.2, -0.15) is 26.9 Å². The minimum Gasteiger partial charge on any atom is -0.370 e. The summed E-state index contributed by atoms with van der Waals surface area (Å²) in [5.41, 5.74) is 7.31. The van der Waals surface area contributed by atoms with Crippen LogP contribution in [0.5, 0.6) is 0 Å². The number of nitrogens with two attached hydrogens (primary N) is 2. The van der Waals surface area contributed by atoms with Crippen molar-refractivity contribution in [3.8, 4) is 0 Å². The van der Waals surface area contributed by atoms with Gasteiger partial charge in [-0.1, -0.05) is 0 Å². The van der Waals surface area contributed by atoms with Crippen molar-refractivity contribution in [2.24, 2.45) is 16.5 Å². The largest absolute Gasteiger partial charge is 0.458 e. The van der Waals surface area contributed by atoms with Gasteiger partial charge in [0.05, 0.1) is 4.90 Å². The molecule has 0 fully saturated rings. The van der Waals surface area contributed by atoms with Gasteiger partial charge >= 0.3 is 12.1 Å². The Morgan fingerprint density at radius 2 is 1.62 bits per heavy atom. The summed E-state index contributed by atoms with van der Waals surface area (Å²) >= 11 is 0. The van der Waals surface area contributed by atoms with Crippen molar-refractivity contribution < 1.29 is 35.2 Å². The highest BCUT2D eigenvalue weighted by molar-refractivity contribution is 7.90.